The minimum Gasteiger partial charge on any atom is -0.309 e. The minimum absolute atomic E-state index is 0.0482. The maximum Gasteiger partial charge on any atom is 0.0541 e. The molecule has 0 amide bonds. The summed E-state index contributed by atoms with van der Waals surface area (Å²) in [5, 5.41) is 10.1. The number of rotatable bonds is 8. The van der Waals surface area contributed by atoms with E-state index in [-0.39, 0.29) is 5.41 Å². The molecule has 2 heteroatoms. The molecule has 372 valence electrons. The van der Waals surface area contributed by atoms with Crippen molar-refractivity contribution in [3.05, 3.63) is 288 Å². The van der Waals surface area contributed by atoms with E-state index in [1.54, 1.807) is 0 Å². The molecule has 0 aliphatic heterocycles. The van der Waals surface area contributed by atoms with Crippen LogP contribution in [-0.2, 0) is 5.41 Å². The molecule has 0 bridgehead atoms. The summed E-state index contributed by atoms with van der Waals surface area (Å²) < 4.78 is 4.86. The Morgan fingerprint density at radius 3 is 1.11 bits per heavy atom. The summed E-state index contributed by atoms with van der Waals surface area (Å²) in [6, 6.07) is 94.7. The molecular formula is C77H54N2. The molecular weight excluding hydrogens is 953 g/mol. The highest BCUT2D eigenvalue weighted by atomic mass is 15.0. The van der Waals surface area contributed by atoms with Crippen molar-refractivity contribution in [2.75, 3.05) is 0 Å². The summed E-state index contributed by atoms with van der Waals surface area (Å²) in [4.78, 5) is 0. The lowest BCUT2D eigenvalue weighted by atomic mass is 9.75. The van der Waals surface area contributed by atoms with E-state index in [2.05, 4.69) is 288 Å². The van der Waals surface area contributed by atoms with Gasteiger partial charge >= 0.3 is 0 Å². The van der Waals surface area contributed by atoms with Gasteiger partial charge in [-0.05, 0) is 151 Å². The Hall–Kier alpha value is -9.76. The highest BCUT2D eigenvalue weighted by Gasteiger charge is 2.45. The quantitative estimate of drug-likeness (QED) is 0.134. The molecule has 0 radical (unpaired) electrons. The predicted molar refractivity (Wildman–Crippen MR) is 336 cm³/mol. The maximum atomic E-state index is 2.52. The van der Waals surface area contributed by atoms with Gasteiger partial charge in [-0.3, -0.25) is 0 Å². The van der Waals surface area contributed by atoms with E-state index in [0.29, 0.717) is 0 Å². The van der Waals surface area contributed by atoms with Gasteiger partial charge < -0.3 is 9.13 Å². The van der Waals surface area contributed by atoms with Gasteiger partial charge in [-0.25, -0.2) is 0 Å². The van der Waals surface area contributed by atoms with Crippen LogP contribution in [0.25, 0.3) is 134 Å². The second-order valence-electron chi connectivity index (χ2n) is 22.0. The van der Waals surface area contributed by atoms with Crippen LogP contribution in [0.2, 0.25) is 0 Å². The van der Waals surface area contributed by atoms with Crippen molar-refractivity contribution in [3.63, 3.8) is 0 Å². The number of para-hydroxylation sites is 2. The van der Waals surface area contributed by atoms with Gasteiger partial charge in [0, 0.05) is 37.7 Å². The van der Waals surface area contributed by atoms with Gasteiger partial charge in [0.05, 0.1) is 33.4 Å². The summed E-state index contributed by atoms with van der Waals surface area (Å²) >= 11 is 0. The monoisotopic (exact) mass is 1010 g/mol. The zero-order valence-electron chi connectivity index (χ0n) is 43.8. The van der Waals surface area contributed by atoms with Gasteiger partial charge in [-0.1, -0.05) is 231 Å². The zero-order valence-corrected chi connectivity index (χ0v) is 43.8. The van der Waals surface area contributed by atoms with E-state index in [9.17, 15) is 0 Å². The van der Waals surface area contributed by atoms with Crippen LogP contribution in [0.15, 0.2) is 255 Å². The third-order valence-electron chi connectivity index (χ3n) is 17.7. The predicted octanol–water partition coefficient (Wildman–Crippen LogP) is 20.7. The first-order valence-corrected chi connectivity index (χ1v) is 28.0. The van der Waals surface area contributed by atoms with Gasteiger partial charge in [0.1, 0.15) is 0 Å². The highest BCUT2D eigenvalue weighted by molar-refractivity contribution is 6.13. The topological polar surface area (TPSA) is 9.86 Å². The SMILES string of the molecule is C(=Cc1ccc2c(c1)c1ccccc1n2-c1cccc2ccccc12)c1ccc(-c2ccc3c(c2)C2(CCCC2)c2cc(-c4ccc(C=Cc5ccc6c(c5)c5ccccc5n6-c5cccc6ccccc56)cc4)ccc2-3)cc1. The average molecular weight is 1010 g/mol. The van der Waals surface area contributed by atoms with Crippen LogP contribution >= 0.6 is 0 Å². The molecule has 0 unspecified atom stereocenters. The Morgan fingerprint density at radius 2 is 0.646 bits per heavy atom. The van der Waals surface area contributed by atoms with Crippen LogP contribution in [0, 0.1) is 0 Å². The number of fused-ring (bicyclic) bond motifs is 13. The number of hydrogen-bond acceptors (Lipinski definition) is 0. The van der Waals surface area contributed by atoms with Crippen molar-refractivity contribution in [1.29, 1.82) is 0 Å². The van der Waals surface area contributed by atoms with Crippen molar-refractivity contribution in [1.82, 2.24) is 9.13 Å². The molecule has 2 nitrogen and oxygen atoms in total. The second kappa shape index (κ2) is 18.2. The first-order valence-electron chi connectivity index (χ1n) is 28.0. The second-order valence-corrected chi connectivity index (χ2v) is 22.0. The van der Waals surface area contributed by atoms with E-state index in [0.717, 1.165) is 0 Å². The van der Waals surface area contributed by atoms with Crippen LogP contribution in [0.3, 0.4) is 0 Å². The Kier molecular flexibility index (Phi) is 10.5. The molecule has 1 spiro atoms. The minimum atomic E-state index is 0.0482. The molecule has 2 heterocycles. The first-order chi connectivity index (χ1) is 39.1. The fourth-order valence-electron chi connectivity index (χ4n) is 13.8. The molecule has 16 rings (SSSR count). The zero-order chi connectivity index (χ0) is 52.0. The molecule has 2 aliphatic carbocycles. The van der Waals surface area contributed by atoms with Crippen molar-refractivity contribution >= 4 is 89.5 Å². The molecule has 2 aromatic heterocycles. The van der Waals surface area contributed by atoms with Crippen LogP contribution in [0.5, 0.6) is 0 Å². The lowest BCUT2D eigenvalue weighted by Gasteiger charge is -2.27. The van der Waals surface area contributed by atoms with Crippen LogP contribution in [-0.4, -0.2) is 9.13 Å². The van der Waals surface area contributed by atoms with Crippen LogP contribution < -0.4 is 0 Å². The van der Waals surface area contributed by atoms with Gasteiger partial charge in [-0.15, -0.1) is 0 Å². The molecule has 2 aliphatic rings. The molecule has 1 saturated carbocycles. The van der Waals surface area contributed by atoms with E-state index < -0.39 is 0 Å². The van der Waals surface area contributed by atoms with E-state index >= 15 is 0 Å². The van der Waals surface area contributed by atoms with Crippen molar-refractivity contribution < 1.29 is 0 Å². The van der Waals surface area contributed by atoms with Crippen molar-refractivity contribution in [3.8, 4) is 44.8 Å². The summed E-state index contributed by atoms with van der Waals surface area (Å²) in [5.74, 6) is 0. The molecule has 12 aromatic carbocycles. The first kappa shape index (κ1) is 45.4. The fourth-order valence-corrected chi connectivity index (χ4v) is 13.8. The van der Waals surface area contributed by atoms with Crippen molar-refractivity contribution in [2.45, 2.75) is 31.1 Å². The van der Waals surface area contributed by atoms with Gasteiger partial charge in [0.15, 0.2) is 0 Å². The molecule has 14 aromatic rings. The number of aromatic nitrogens is 2. The fraction of sp³-hybridized carbons (Fsp3) is 0.0649. The van der Waals surface area contributed by atoms with E-state index in [1.807, 2.05) is 0 Å². The summed E-state index contributed by atoms with van der Waals surface area (Å²) in [6.07, 6.45) is 13.9. The maximum absolute atomic E-state index is 2.52. The Bertz CT molecular complexity index is 4510. The van der Waals surface area contributed by atoms with Crippen molar-refractivity contribution in [2.24, 2.45) is 0 Å². The Morgan fingerprint density at radius 1 is 0.278 bits per heavy atom. The van der Waals surface area contributed by atoms with Crippen LogP contribution in [0.1, 0.15) is 59.1 Å². The molecule has 0 N–H and O–H groups in total. The molecule has 79 heavy (non-hydrogen) atoms. The third-order valence-corrected chi connectivity index (χ3v) is 17.7. The number of benzene rings is 12. The molecule has 0 saturated heterocycles. The Labute approximate surface area is 460 Å². The molecule has 1 fully saturated rings. The summed E-state index contributed by atoms with van der Waals surface area (Å²) in [6.45, 7) is 0. The van der Waals surface area contributed by atoms with Crippen LogP contribution in [0.4, 0.5) is 0 Å². The van der Waals surface area contributed by atoms with E-state index in [4.69, 9.17) is 0 Å². The third kappa shape index (κ3) is 7.39. The van der Waals surface area contributed by atoms with Gasteiger partial charge in [0.2, 0.25) is 0 Å². The standard InChI is InChI=1S/C77H54N2/c1-3-17-61-57(13-1)15-11-23-71(61)78-73-21-7-5-19-65(73)67-47-53(33-43-75(67)78)27-25-51-29-35-55(36-30-51)59-39-41-63-64-42-40-60(50-70(64)77(69(63)49-59)45-9-10-46-77)56-37-31-52(32-38-56)26-28-54-34-44-76-68(48-54)66-20-6-8-22-74(66)79(76)72-24-12-16-58-14-2-4-18-62(58)72/h1-8,11-44,47-50H,9-10,45-46H2. The van der Waals surface area contributed by atoms with Gasteiger partial charge in [0.25, 0.3) is 0 Å². The largest absolute Gasteiger partial charge is 0.309 e. The number of hydrogen-bond donors (Lipinski definition) is 0. The smallest absolute Gasteiger partial charge is 0.0541 e. The summed E-state index contributed by atoms with van der Waals surface area (Å²) in [7, 11) is 0. The Balaban J connectivity index is 0.647. The average Bonchev–Trinajstić information content (AvgIpc) is 4.41. The summed E-state index contributed by atoms with van der Waals surface area (Å²) in [5.41, 5.74) is 23.0. The number of nitrogens with zero attached hydrogens (tertiary/aromatic N) is 2. The molecule has 0 atom stereocenters. The van der Waals surface area contributed by atoms with E-state index in [1.165, 1.54) is 169 Å². The van der Waals surface area contributed by atoms with Gasteiger partial charge in [-0.2, -0.15) is 0 Å². The lowest BCUT2D eigenvalue weighted by Crippen LogP contribution is -2.20. The lowest BCUT2D eigenvalue weighted by molar-refractivity contribution is 0.550. The highest BCUT2D eigenvalue weighted by Crippen LogP contribution is 2.58. The normalized spacial score (nSPS) is 13.9.